The van der Waals surface area contributed by atoms with Crippen molar-refractivity contribution in [3.05, 3.63) is 41.2 Å². The number of Topliss-reactive ketones (excluding diaryl/α,β-unsaturated/α-hetero) is 1. The Balaban J connectivity index is 1.94. The van der Waals surface area contributed by atoms with Gasteiger partial charge in [0.25, 0.3) is 0 Å². The fourth-order valence-electron chi connectivity index (χ4n) is 5.43. The van der Waals surface area contributed by atoms with Gasteiger partial charge in [0.15, 0.2) is 0 Å². The first kappa shape index (κ1) is 30.0. The average molecular weight is 528 g/mol. The summed E-state index contributed by atoms with van der Waals surface area (Å²) >= 11 is 0. The Hall–Kier alpha value is -2.55. The maximum absolute atomic E-state index is 13.3. The molecular formula is C30H45N3O5. The number of aryl methyl sites for hydroxylation is 1. The van der Waals surface area contributed by atoms with Gasteiger partial charge in [-0.2, -0.15) is 0 Å². The SMILES string of the molecule is CC1=CC[C@@H](c2ccc3c(c2)nc(C)n3CCN)OC(=O)CC(O)C(C)(C)C(=O)C(C)[C@@H](O)C(C)CCC1. The first-order chi connectivity index (χ1) is 17.9. The zero-order valence-corrected chi connectivity index (χ0v) is 23.7. The van der Waals surface area contributed by atoms with E-state index in [-0.39, 0.29) is 18.1 Å². The Kier molecular flexibility index (Phi) is 9.90. The molecule has 0 aliphatic carbocycles. The number of aromatic nitrogens is 2. The van der Waals surface area contributed by atoms with Gasteiger partial charge in [-0.05, 0) is 56.7 Å². The lowest BCUT2D eigenvalue weighted by Gasteiger charge is -2.34. The van der Waals surface area contributed by atoms with Gasteiger partial charge in [0.1, 0.15) is 17.7 Å². The normalized spacial score (nSPS) is 28.2. The minimum atomic E-state index is -1.24. The fourth-order valence-corrected chi connectivity index (χ4v) is 5.43. The molecule has 0 spiro atoms. The Morgan fingerprint density at radius 2 is 1.89 bits per heavy atom. The van der Waals surface area contributed by atoms with Gasteiger partial charge in [0.2, 0.25) is 0 Å². The summed E-state index contributed by atoms with van der Waals surface area (Å²) in [5.74, 6) is -0.678. The van der Waals surface area contributed by atoms with Crippen LogP contribution in [-0.4, -0.2) is 50.3 Å². The highest BCUT2D eigenvalue weighted by Crippen LogP contribution is 2.33. The topological polar surface area (TPSA) is 128 Å². The summed E-state index contributed by atoms with van der Waals surface area (Å²) in [7, 11) is 0. The number of carbonyl (C=O) groups is 2. The van der Waals surface area contributed by atoms with Crippen LogP contribution in [0.1, 0.15) is 84.2 Å². The van der Waals surface area contributed by atoms with Gasteiger partial charge in [-0.25, -0.2) is 4.98 Å². The quantitative estimate of drug-likeness (QED) is 0.399. The fraction of sp³-hybridized carbons (Fsp3) is 0.633. The molecule has 4 N–H and O–H groups in total. The predicted molar refractivity (Wildman–Crippen MR) is 148 cm³/mol. The van der Waals surface area contributed by atoms with E-state index in [1.807, 2.05) is 32.0 Å². The van der Waals surface area contributed by atoms with Gasteiger partial charge < -0.3 is 25.3 Å². The van der Waals surface area contributed by atoms with Crippen molar-refractivity contribution < 1.29 is 24.5 Å². The molecule has 3 rings (SSSR count). The van der Waals surface area contributed by atoms with E-state index in [1.165, 1.54) is 5.57 Å². The van der Waals surface area contributed by atoms with Crippen LogP contribution >= 0.6 is 0 Å². The molecule has 1 aromatic heterocycles. The van der Waals surface area contributed by atoms with Crippen molar-refractivity contribution in [1.82, 2.24) is 9.55 Å². The van der Waals surface area contributed by atoms with E-state index in [2.05, 4.69) is 22.6 Å². The predicted octanol–water partition coefficient (Wildman–Crippen LogP) is 4.39. The monoisotopic (exact) mass is 527 g/mol. The molecule has 2 aromatic rings. The third-order valence-electron chi connectivity index (χ3n) is 8.21. The lowest BCUT2D eigenvalue weighted by atomic mass is 9.73. The zero-order valence-electron chi connectivity index (χ0n) is 23.7. The number of nitrogens with two attached hydrogens (primary N) is 1. The van der Waals surface area contributed by atoms with Crippen molar-refractivity contribution in [2.75, 3.05) is 6.54 Å². The van der Waals surface area contributed by atoms with Crippen LogP contribution in [0.5, 0.6) is 0 Å². The molecule has 8 nitrogen and oxygen atoms in total. The van der Waals surface area contributed by atoms with Crippen molar-refractivity contribution in [3.63, 3.8) is 0 Å². The summed E-state index contributed by atoms with van der Waals surface area (Å²) in [6.45, 7) is 12.1. The largest absolute Gasteiger partial charge is 0.457 e. The number of carbonyl (C=O) groups excluding carboxylic acids is 2. The van der Waals surface area contributed by atoms with E-state index in [4.69, 9.17) is 10.5 Å². The number of nitrogens with zero attached hydrogens (tertiary/aromatic N) is 2. The smallest absolute Gasteiger partial charge is 0.309 e. The van der Waals surface area contributed by atoms with Crippen LogP contribution in [-0.2, 0) is 20.9 Å². The van der Waals surface area contributed by atoms with E-state index in [0.717, 1.165) is 41.7 Å². The van der Waals surface area contributed by atoms with E-state index in [1.54, 1.807) is 20.8 Å². The molecule has 0 fully saturated rings. The first-order valence-corrected chi connectivity index (χ1v) is 13.8. The lowest BCUT2D eigenvalue weighted by molar-refractivity contribution is -0.155. The van der Waals surface area contributed by atoms with Gasteiger partial charge in [0, 0.05) is 25.4 Å². The molecule has 1 aliphatic heterocycles. The van der Waals surface area contributed by atoms with Crippen molar-refractivity contribution >= 4 is 22.8 Å². The number of aliphatic hydroxyl groups is 2. The number of ketones is 1. The Morgan fingerprint density at radius 3 is 2.58 bits per heavy atom. The van der Waals surface area contributed by atoms with E-state index in [9.17, 15) is 19.8 Å². The highest BCUT2D eigenvalue weighted by Gasteiger charge is 2.42. The number of allylic oxidation sites excluding steroid dienone is 1. The Morgan fingerprint density at radius 1 is 1.18 bits per heavy atom. The van der Waals surface area contributed by atoms with Crippen molar-refractivity contribution in [3.8, 4) is 0 Å². The van der Waals surface area contributed by atoms with Crippen LogP contribution in [0, 0.1) is 24.2 Å². The average Bonchev–Trinajstić information content (AvgIpc) is 3.18. The number of cyclic esters (lactones) is 1. The van der Waals surface area contributed by atoms with Crippen LogP contribution in [0.2, 0.25) is 0 Å². The highest BCUT2D eigenvalue weighted by atomic mass is 16.5. The van der Waals surface area contributed by atoms with Crippen molar-refractivity contribution in [2.45, 2.75) is 98.5 Å². The van der Waals surface area contributed by atoms with Crippen molar-refractivity contribution in [1.29, 1.82) is 0 Å². The third kappa shape index (κ3) is 6.71. The Labute approximate surface area is 226 Å². The van der Waals surface area contributed by atoms with Crippen molar-refractivity contribution in [2.24, 2.45) is 23.0 Å². The molecule has 5 atom stereocenters. The maximum Gasteiger partial charge on any atom is 0.309 e. The first-order valence-electron chi connectivity index (χ1n) is 13.8. The number of imidazole rings is 1. The number of ether oxygens (including phenoxy) is 1. The van der Waals surface area contributed by atoms with Gasteiger partial charge >= 0.3 is 5.97 Å². The second-order valence-electron chi connectivity index (χ2n) is 11.6. The number of aliphatic hydroxyl groups excluding tert-OH is 2. The second kappa shape index (κ2) is 12.5. The Bertz CT molecular complexity index is 1170. The lowest BCUT2D eigenvalue weighted by Crippen LogP contribution is -2.45. The molecular weight excluding hydrogens is 482 g/mol. The summed E-state index contributed by atoms with van der Waals surface area (Å²) in [5, 5.41) is 21.8. The minimum Gasteiger partial charge on any atom is -0.457 e. The molecule has 0 bridgehead atoms. The third-order valence-corrected chi connectivity index (χ3v) is 8.21. The van der Waals surface area contributed by atoms with Crippen LogP contribution in [0.15, 0.2) is 29.8 Å². The van der Waals surface area contributed by atoms with E-state index < -0.39 is 35.6 Å². The number of benzene rings is 1. The number of hydrogen-bond acceptors (Lipinski definition) is 7. The molecule has 0 saturated heterocycles. The van der Waals surface area contributed by atoms with Gasteiger partial charge in [-0.15, -0.1) is 0 Å². The van der Waals surface area contributed by atoms with E-state index >= 15 is 0 Å². The minimum absolute atomic E-state index is 0.0606. The molecule has 210 valence electrons. The van der Waals surface area contributed by atoms with E-state index in [0.29, 0.717) is 19.5 Å². The summed E-state index contributed by atoms with van der Waals surface area (Å²) in [5.41, 5.74) is 8.34. The van der Waals surface area contributed by atoms with Crippen LogP contribution in [0.3, 0.4) is 0 Å². The molecule has 0 saturated carbocycles. The highest BCUT2D eigenvalue weighted by molar-refractivity contribution is 5.88. The number of esters is 1. The van der Waals surface area contributed by atoms with Gasteiger partial charge in [-0.3, -0.25) is 9.59 Å². The van der Waals surface area contributed by atoms with Crippen LogP contribution in [0.4, 0.5) is 0 Å². The summed E-state index contributed by atoms with van der Waals surface area (Å²) in [6, 6.07) is 5.88. The molecule has 2 heterocycles. The molecule has 3 unspecified atom stereocenters. The van der Waals surface area contributed by atoms with Gasteiger partial charge in [0.05, 0.1) is 35.1 Å². The second-order valence-corrected chi connectivity index (χ2v) is 11.6. The summed E-state index contributed by atoms with van der Waals surface area (Å²) in [4.78, 5) is 31.0. The molecule has 38 heavy (non-hydrogen) atoms. The zero-order chi connectivity index (χ0) is 28.2. The molecule has 8 heteroatoms. The van der Waals surface area contributed by atoms with Gasteiger partial charge in [-0.1, -0.05) is 45.4 Å². The summed E-state index contributed by atoms with van der Waals surface area (Å²) < 4.78 is 8.00. The number of fused-ring (bicyclic) bond motifs is 1. The van der Waals surface area contributed by atoms with Crippen LogP contribution in [0.25, 0.3) is 11.0 Å². The van der Waals surface area contributed by atoms with Crippen LogP contribution < -0.4 is 5.73 Å². The number of hydrogen-bond donors (Lipinski definition) is 3. The maximum atomic E-state index is 13.3. The summed E-state index contributed by atoms with van der Waals surface area (Å²) in [6.07, 6.45) is 2.17. The number of rotatable bonds is 3. The molecule has 0 amide bonds. The molecule has 1 aromatic carbocycles. The molecule has 1 aliphatic rings. The molecule has 0 radical (unpaired) electrons. The standard InChI is InChI=1S/C30H45N3O5/c1-18-8-7-9-19(2)28(36)20(3)29(37)30(5,6)26(34)17-27(35)38-25(13-10-18)22-11-12-24-23(16-22)32-21(4)33(24)15-14-31/h10-12,16,19-20,25-26,28,34,36H,7-9,13-15,17,31H2,1-6H3/t19?,20?,25-,26?,28-/m0/s1.